The summed E-state index contributed by atoms with van der Waals surface area (Å²) in [6.45, 7) is 2.56. The third-order valence-corrected chi connectivity index (χ3v) is 4.82. The molecule has 0 atom stereocenters. The smallest absolute Gasteiger partial charge is 0.230 e. The number of halogens is 1. The van der Waals surface area contributed by atoms with Crippen LogP contribution in [0.1, 0.15) is 11.1 Å². The predicted octanol–water partition coefficient (Wildman–Crippen LogP) is 4.61. The van der Waals surface area contributed by atoms with Crippen LogP contribution in [0.2, 0.25) is 5.02 Å². The minimum absolute atomic E-state index is 0.0115. The first-order chi connectivity index (χ1) is 11.6. The SMILES string of the molecule is Cc1cc(SCC(=O)NCc2ccc(Cl)cc2)nc2ccccc12. The fourth-order valence-corrected chi connectivity index (χ4v) is 3.32. The molecule has 0 radical (unpaired) electrons. The zero-order chi connectivity index (χ0) is 16.9. The number of amides is 1. The molecule has 0 aliphatic rings. The minimum atomic E-state index is -0.0115. The highest BCUT2D eigenvalue weighted by Crippen LogP contribution is 2.23. The molecule has 0 unspecified atom stereocenters. The second kappa shape index (κ2) is 7.69. The summed E-state index contributed by atoms with van der Waals surface area (Å²) in [5, 5.41) is 5.62. The molecule has 5 heteroatoms. The van der Waals surface area contributed by atoms with Crippen molar-refractivity contribution in [1.82, 2.24) is 10.3 Å². The fourth-order valence-electron chi connectivity index (χ4n) is 2.39. The molecule has 0 spiro atoms. The summed E-state index contributed by atoms with van der Waals surface area (Å²) in [6.07, 6.45) is 0. The van der Waals surface area contributed by atoms with Crippen molar-refractivity contribution in [1.29, 1.82) is 0 Å². The number of rotatable bonds is 5. The Bertz CT molecular complexity index is 865. The number of benzene rings is 2. The van der Waals surface area contributed by atoms with Crippen LogP contribution in [0.25, 0.3) is 10.9 Å². The third kappa shape index (κ3) is 4.28. The number of aromatic nitrogens is 1. The second-order valence-electron chi connectivity index (χ2n) is 5.49. The maximum absolute atomic E-state index is 12.0. The molecule has 1 N–H and O–H groups in total. The predicted molar refractivity (Wildman–Crippen MR) is 101 cm³/mol. The maximum atomic E-state index is 12.0. The van der Waals surface area contributed by atoms with Crippen molar-refractivity contribution in [2.45, 2.75) is 18.5 Å². The molecule has 0 saturated heterocycles. The van der Waals surface area contributed by atoms with Gasteiger partial charge in [-0.1, -0.05) is 53.7 Å². The van der Waals surface area contributed by atoms with Gasteiger partial charge < -0.3 is 5.32 Å². The number of nitrogens with one attached hydrogen (secondary N) is 1. The van der Waals surface area contributed by atoms with Crippen LogP contribution in [0.5, 0.6) is 0 Å². The van der Waals surface area contributed by atoms with Crippen LogP contribution in [-0.4, -0.2) is 16.6 Å². The van der Waals surface area contributed by atoms with E-state index in [1.165, 1.54) is 17.3 Å². The van der Waals surface area contributed by atoms with Gasteiger partial charge in [0.25, 0.3) is 0 Å². The topological polar surface area (TPSA) is 42.0 Å². The van der Waals surface area contributed by atoms with Crippen molar-refractivity contribution in [3.05, 3.63) is 70.7 Å². The Balaban J connectivity index is 1.57. The number of para-hydroxylation sites is 1. The summed E-state index contributed by atoms with van der Waals surface area (Å²) in [6, 6.07) is 17.5. The van der Waals surface area contributed by atoms with Crippen LogP contribution in [-0.2, 0) is 11.3 Å². The van der Waals surface area contributed by atoms with Crippen molar-refractivity contribution in [3.63, 3.8) is 0 Å². The molecule has 122 valence electrons. The molecule has 3 aromatic rings. The van der Waals surface area contributed by atoms with Gasteiger partial charge >= 0.3 is 0 Å². The molecule has 2 aromatic carbocycles. The average Bonchev–Trinajstić information content (AvgIpc) is 2.59. The van der Waals surface area contributed by atoms with Gasteiger partial charge in [-0.05, 0) is 42.3 Å². The molecule has 1 amide bonds. The van der Waals surface area contributed by atoms with Gasteiger partial charge in [0, 0.05) is 17.0 Å². The summed E-state index contributed by atoms with van der Waals surface area (Å²) < 4.78 is 0. The molecule has 24 heavy (non-hydrogen) atoms. The number of nitrogens with zero attached hydrogens (tertiary/aromatic N) is 1. The summed E-state index contributed by atoms with van der Waals surface area (Å²) in [5.41, 5.74) is 3.16. The van der Waals surface area contributed by atoms with Gasteiger partial charge in [-0.25, -0.2) is 4.98 Å². The largest absolute Gasteiger partial charge is 0.351 e. The lowest BCUT2D eigenvalue weighted by atomic mass is 10.1. The van der Waals surface area contributed by atoms with Gasteiger partial charge in [0.2, 0.25) is 5.91 Å². The van der Waals surface area contributed by atoms with Crippen LogP contribution < -0.4 is 5.32 Å². The standard InChI is InChI=1S/C19H17ClN2OS/c1-13-10-19(22-17-5-3-2-4-16(13)17)24-12-18(23)21-11-14-6-8-15(20)9-7-14/h2-10H,11-12H2,1H3,(H,21,23). The summed E-state index contributed by atoms with van der Waals surface area (Å²) >= 11 is 7.30. The number of pyridine rings is 1. The zero-order valence-electron chi connectivity index (χ0n) is 13.3. The van der Waals surface area contributed by atoms with Crippen LogP contribution in [0.3, 0.4) is 0 Å². The Labute approximate surface area is 150 Å². The Morgan fingerprint density at radius 1 is 1.17 bits per heavy atom. The second-order valence-corrected chi connectivity index (χ2v) is 6.92. The third-order valence-electron chi connectivity index (χ3n) is 3.65. The van der Waals surface area contributed by atoms with Gasteiger partial charge in [0.15, 0.2) is 0 Å². The molecular weight excluding hydrogens is 340 g/mol. The highest BCUT2D eigenvalue weighted by molar-refractivity contribution is 7.99. The highest BCUT2D eigenvalue weighted by Gasteiger charge is 2.06. The van der Waals surface area contributed by atoms with E-state index in [1.54, 1.807) is 0 Å². The molecule has 0 bridgehead atoms. The Hall–Kier alpha value is -2.04. The number of carbonyl (C=O) groups excluding carboxylic acids is 1. The highest BCUT2D eigenvalue weighted by atomic mass is 35.5. The number of carbonyl (C=O) groups is 1. The quantitative estimate of drug-likeness (QED) is 0.679. The summed E-state index contributed by atoms with van der Waals surface area (Å²) in [5.74, 6) is 0.334. The van der Waals surface area contributed by atoms with E-state index < -0.39 is 0 Å². The van der Waals surface area contributed by atoms with Crippen LogP contribution in [0.15, 0.2) is 59.6 Å². The first-order valence-electron chi connectivity index (χ1n) is 7.62. The maximum Gasteiger partial charge on any atom is 0.230 e. The molecule has 1 aromatic heterocycles. The first-order valence-corrected chi connectivity index (χ1v) is 8.98. The number of thioether (sulfide) groups is 1. The molecule has 3 rings (SSSR count). The molecular formula is C19H17ClN2OS. The van der Waals surface area contributed by atoms with Crippen molar-refractivity contribution in [2.75, 3.05) is 5.75 Å². The van der Waals surface area contributed by atoms with E-state index in [1.807, 2.05) is 48.5 Å². The Morgan fingerprint density at radius 2 is 1.92 bits per heavy atom. The number of aryl methyl sites for hydroxylation is 1. The van der Waals surface area contributed by atoms with Gasteiger partial charge in [-0.2, -0.15) is 0 Å². The number of fused-ring (bicyclic) bond motifs is 1. The van der Waals surface area contributed by atoms with Crippen LogP contribution in [0, 0.1) is 6.92 Å². The van der Waals surface area contributed by atoms with Gasteiger partial charge in [-0.3, -0.25) is 4.79 Å². The number of hydrogen-bond acceptors (Lipinski definition) is 3. The van der Waals surface area contributed by atoms with Crippen molar-refractivity contribution >= 4 is 40.2 Å². The normalized spacial score (nSPS) is 10.8. The summed E-state index contributed by atoms with van der Waals surface area (Å²) in [7, 11) is 0. The number of hydrogen-bond donors (Lipinski definition) is 1. The van der Waals surface area contributed by atoms with Crippen LogP contribution >= 0.6 is 23.4 Å². The molecule has 1 heterocycles. The van der Waals surface area contributed by atoms with Crippen molar-refractivity contribution in [3.8, 4) is 0 Å². The molecule has 0 fully saturated rings. The lowest BCUT2D eigenvalue weighted by Crippen LogP contribution is -2.24. The monoisotopic (exact) mass is 356 g/mol. The van der Waals surface area contributed by atoms with Crippen LogP contribution in [0.4, 0.5) is 0 Å². The molecule has 0 aliphatic heterocycles. The summed E-state index contributed by atoms with van der Waals surface area (Å²) in [4.78, 5) is 16.6. The van der Waals surface area contributed by atoms with Crippen molar-refractivity contribution in [2.24, 2.45) is 0 Å². The van der Waals surface area contributed by atoms with Crippen molar-refractivity contribution < 1.29 is 4.79 Å². The Morgan fingerprint density at radius 3 is 2.71 bits per heavy atom. The van der Waals surface area contributed by atoms with Gasteiger partial charge in [-0.15, -0.1) is 0 Å². The minimum Gasteiger partial charge on any atom is -0.351 e. The van der Waals surface area contributed by atoms with E-state index in [0.717, 1.165) is 21.5 Å². The zero-order valence-corrected chi connectivity index (χ0v) is 14.8. The van der Waals surface area contributed by atoms with Gasteiger partial charge in [0.05, 0.1) is 16.3 Å². The van der Waals surface area contributed by atoms with Gasteiger partial charge in [0.1, 0.15) is 0 Å². The lowest BCUT2D eigenvalue weighted by Gasteiger charge is -2.07. The molecule has 0 saturated carbocycles. The fraction of sp³-hybridized carbons (Fsp3) is 0.158. The van der Waals surface area contributed by atoms with E-state index in [0.29, 0.717) is 17.3 Å². The van der Waals surface area contributed by atoms with E-state index >= 15 is 0 Å². The lowest BCUT2D eigenvalue weighted by molar-refractivity contribution is -0.118. The molecule has 3 nitrogen and oxygen atoms in total. The average molecular weight is 357 g/mol. The van der Waals surface area contributed by atoms with E-state index in [4.69, 9.17) is 11.6 Å². The van der Waals surface area contributed by atoms with E-state index in [2.05, 4.69) is 23.3 Å². The Kier molecular flexibility index (Phi) is 5.38. The first kappa shape index (κ1) is 16.8. The molecule has 0 aliphatic carbocycles. The van der Waals surface area contributed by atoms with E-state index in [9.17, 15) is 4.79 Å². The van der Waals surface area contributed by atoms with E-state index in [-0.39, 0.29) is 5.91 Å².